The van der Waals surface area contributed by atoms with Gasteiger partial charge in [-0.15, -0.1) is 0 Å². The summed E-state index contributed by atoms with van der Waals surface area (Å²) in [6.45, 7) is 4.05. The van der Waals surface area contributed by atoms with Crippen molar-refractivity contribution in [2.24, 2.45) is 0 Å². The summed E-state index contributed by atoms with van der Waals surface area (Å²) in [5.74, 6) is 0.683. The quantitative estimate of drug-likeness (QED) is 0.911. The van der Waals surface area contributed by atoms with Crippen molar-refractivity contribution in [2.75, 3.05) is 0 Å². The van der Waals surface area contributed by atoms with Gasteiger partial charge in [-0.05, 0) is 25.8 Å². The molecule has 0 amide bonds. The molecule has 22 heavy (non-hydrogen) atoms. The summed E-state index contributed by atoms with van der Waals surface area (Å²) in [7, 11) is 0. The average Bonchev–Trinajstić information content (AvgIpc) is 2.83. The van der Waals surface area contributed by atoms with E-state index in [2.05, 4.69) is 4.98 Å². The molecule has 0 fully saturated rings. The maximum absolute atomic E-state index is 12.4. The molecule has 0 atom stereocenters. The smallest absolute Gasteiger partial charge is 0.390 e. The average molecular weight is 312 g/mol. The van der Waals surface area contributed by atoms with Crippen LogP contribution in [0.3, 0.4) is 0 Å². The van der Waals surface area contributed by atoms with Crippen molar-refractivity contribution >= 4 is 0 Å². The number of aryl methyl sites for hydroxylation is 1. The molecule has 2 aromatic rings. The number of imidazole rings is 1. The Morgan fingerprint density at radius 2 is 1.77 bits per heavy atom. The summed E-state index contributed by atoms with van der Waals surface area (Å²) in [6, 6.07) is 6.23. The minimum atomic E-state index is -4.20. The topological polar surface area (TPSA) is 38.0 Å². The molecule has 1 aromatic carbocycles. The van der Waals surface area contributed by atoms with Crippen molar-refractivity contribution in [1.82, 2.24) is 9.55 Å². The number of rotatable bonds is 5. The number of hydrogen-bond donors (Lipinski definition) is 1. The van der Waals surface area contributed by atoms with Crippen molar-refractivity contribution in [3.8, 4) is 11.4 Å². The van der Waals surface area contributed by atoms with Crippen molar-refractivity contribution < 1.29 is 18.3 Å². The zero-order chi connectivity index (χ0) is 16.4. The van der Waals surface area contributed by atoms with Crippen LogP contribution in [0.2, 0.25) is 0 Å². The minimum Gasteiger partial charge on any atom is -0.390 e. The highest BCUT2D eigenvalue weighted by molar-refractivity contribution is 5.56. The third-order valence-corrected chi connectivity index (χ3v) is 3.30. The van der Waals surface area contributed by atoms with Crippen molar-refractivity contribution in [3.05, 3.63) is 42.2 Å². The van der Waals surface area contributed by atoms with Crippen LogP contribution >= 0.6 is 0 Å². The minimum absolute atomic E-state index is 0.228. The highest BCUT2D eigenvalue weighted by Crippen LogP contribution is 2.24. The van der Waals surface area contributed by atoms with E-state index in [1.165, 1.54) is 12.1 Å². The van der Waals surface area contributed by atoms with Gasteiger partial charge in [0.25, 0.3) is 0 Å². The SMILES string of the molecule is CC(C)(O)CCn1ccnc1-c1ccc(CC(F)(F)F)cc1. The normalized spacial score (nSPS) is 12.6. The van der Waals surface area contributed by atoms with Crippen LogP contribution in [-0.2, 0) is 13.0 Å². The molecule has 0 bridgehead atoms. The van der Waals surface area contributed by atoms with E-state index in [9.17, 15) is 18.3 Å². The molecular formula is C16H19F3N2O. The lowest BCUT2D eigenvalue weighted by molar-refractivity contribution is -0.127. The highest BCUT2D eigenvalue weighted by Gasteiger charge is 2.27. The summed E-state index contributed by atoms with van der Waals surface area (Å²) in [5, 5.41) is 9.78. The number of hydrogen-bond acceptors (Lipinski definition) is 2. The van der Waals surface area contributed by atoms with Gasteiger partial charge in [-0.1, -0.05) is 24.3 Å². The number of benzene rings is 1. The van der Waals surface area contributed by atoms with Crippen LogP contribution in [0.5, 0.6) is 0 Å². The second-order valence-corrected chi connectivity index (χ2v) is 6.00. The Bertz CT molecular complexity index is 610. The molecule has 0 spiro atoms. The Hall–Kier alpha value is -1.82. The fourth-order valence-electron chi connectivity index (χ4n) is 2.15. The first kappa shape index (κ1) is 16.5. The van der Waals surface area contributed by atoms with E-state index >= 15 is 0 Å². The molecule has 0 unspecified atom stereocenters. The van der Waals surface area contributed by atoms with E-state index in [0.29, 0.717) is 18.8 Å². The fraction of sp³-hybridized carbons (Fsp3) is 0.438. The van der Waals surface area contributed by atoms with Crippen molar-refractivity contribution in [2.45, 2.75) is 45.0 Å². The number of aromatic nitrogens is 2. The van der Waals surface area contributed by atoms with Gasteiger partial charge in [0.15, 0.2) is 0 Å². The van der Waals surface area contributed by atoms with Crippen LogP contribution in [0.4, 0.5) is 13.2 Å². The standard InChI is InChI=1S/C16H19F3N2O/c1-15(2,22)7-9-21-10-8-20-14(21)13-5-3-12(4-6-13)11-16(17,18)19/h3-6,8,10,22H,7,9,11H2,1-2H3. The van der Waals surface area contributed by atoms with Crippen LogP contribution in [0.1, 0.15) is 25.8 Å². The van der Waals surface area contributed by atoms with Gasteiger partial charge in [0.1, 0.15) is 5.82 Å². The summed E-state index contributed by atoms with van der Waals surface area (Å²) < 4.78 is 38.9. The molecule has 120 valence electrons. The first-order chi connectivity index (χ1) is 10.1. The maximum atomic E-state index is 12.4. The van der Waals surface area contributed by atoms with Crippen LogP contribution in [-0.4, -0.2) is 26.4 Å². The van der Waals surface area contributed by atoms with Gasteiger partial charge in [-0.25, -0.2) is 4.98 Å². The molecule has 1 heterocycles. The van der Waals surface area contributed by atoms with E-state index in [1.807, 2.05) is 4.57 Å². The maximum Gasteiger partial charge on any atom is 0.393 e. The van der Waals surface area contributed by atoms with Crippen molar-refractivity contribution in [1.29, 1.82) is 0 Å². The molecular weight excluding hydrogens is 293 g/mol. The summed E-state index contributed by atoms with van der Waals surface area (Å²) in [6.07, 6.45) is -1.14. The zero-order valence-corrected chi connectivity index (χ0v) is 12.6. The van der Waals surface area contributed by atoms with Gasteiger partial charge in [0, 0.05) is 24.5 Å². The Morgan fingerprint density at radius 1 is 1.14 bits per heavy atom. The number of nitrogens with zero attached hydrogens (tertiary/aromatic N) is 2. The first-order valence-corrected chi connectivity index (χ1v) is 7.04. The first-order valence-electron chi connectivity index (χ1n) is 7.04. The Labute approximate surface area is 127 Å². The van der Waals surface area contributed by atoms with Gasteiger partial charge >= 0.3 is 6.18 Å². The van der Waals surface area contributed by atoms with Gasteiger partial charge in [0.05, 0.1) is 12.0 Å². The molecule has 0 radical (unpaired) electrons. The zero-order valence-electron chi connectivity index (χ0n) is 12.6. The second kappa shape index (κ2) is 6.12. The van der Waals surface area contributed by atoms with E-state index in [4.69, 9.17) is 0 Å². The number of halogens is 3. The molecule has 1 aromatic heterocycles. The number of aliphatic hydroxyl groups is 1. The van der Waals surface area contributed by atoms with Crippen LogP contribution in [0.25, 0.3) is 11.4 Å². The molecule has 2 rings (SSSR count). The molecule has 0 saturated carbocycles. The van der Waals surface area contributed by atoms with Crippen molar-refractivity contribution in [3.63, 3.8) is 0 Å². The number of alkyl halides is 3. The van der Waals surface area contributed by atoms with Gasteiger partial charge in [-0.3, -0.25) is 0 Å². The lowest BCUT2D eigenvalue weighted by Gasteiger charge is -2.18. The second-order valence-electron chi connectivity index (χ2n) is 6.00. The van der Waals surface area contributed by atoms with E-state index < -0.39 is 18.2 Å². The lowest BCUT2D eigenvalue weighted by atomic mass is 10.1. The van der Waals surface area contributed by atoms with Gasteiger partial charge in [0.2, 0.25) is 0 Å². The Kier molecular flexibility index (Phi) is 4.60. The third-order valence-electron chi connectivity index (χ3n) is 3.30. The highest BCUT2D eigenvalue weighted by atomic mass is 19.4. The van der Waals surface area contributed by atoms with Crippen LogP contribution in [0.15, 0.2) is 36.7 Å². The fourth-order valence-corrected chi connectivity index (χ4v) is 2.15. The molecule has 6 heteroatoms. The summed E-state index contributed by atoms with van der Waals surface area (Å²) in [5.41, 5.74) is 0.204. The molecule has 0 aliphatic rings. The van der Waals surface area contributed by atoms with Crippen LogP contribution < -0.4 is 0 Å². The largest absolute Gasteiger partial charge is 0.393 e. The monoisotopic (exact) mass is 312 g/mol. The molecule has 0 saturated heterocycles. The molecule has 1 N–H and O–H groups in total. The summed E-state index contributed by atoms with van der Waals surface area (Å²) >= 11 is 0. The van der Waals surface area contributed by atoms with E-state index in [0.717, 1.165) is 5.56 Å². The van der Waals surface area contributed by atoms with Gasteiger partial charge < -0.3 is 9.67 Å². The Morgan fingerprint density at radius 3 is 2.32 bits per heavy atom. The third kappa shape index (κ3) is 4.87. The van der Waals surface area contributed by atoms with Gasteiger partial charge in [-0.2, -0.15) is 13.2 Å². The summed E-state index contributed by atoms with van der Waals surface area (Å²) in [4.78, 5) is 4.25. The molecule has 0 aliphatic heterocycles. The molecule has 0 aliphatic carbocycles. The van der Waals surface area contributed by atoms with E-state index in [-0.39, 0.29) is 5.56 Å². The predicted octanol–water partition coefficient (Wildman–Crippen LogP) is 3.82. The van der Waals surface area contributed by atoms with Crippen LogP contribution in [0, 0.1) is 0 Å². The Balaban J connectivity index is 2.14. The van der Waals surface area contributed by atoms with E-state index in [1.54, 1.807) is 38.4 Å². The molecule has 3 nitrogen and oxygen atoms in total. The predicted molar refractivity (Wildman–Crippen MR) is 78.3 cm³/mol. The lowest BCUT2D eigenvalue weighted by Crippen LogP contribution is -2.21.